The van der Waals surface area contributed by atoms with Crippen LogP contribution in [0.1, 0.15) is 32.6 Å². The van der Waals surface area contributed by atoms with E-state index < -0.39 is 0 Å². The summed E-state index contributed by atoms with van der Waals surface area (Å²) in [5, 5.41) is 0. The molecule has 0 saturated carbocycles. The number of hydrogen-bond donors (Lipinski definition) is 0. The predicted octanol–water partition coefficient (Wildman–Crippen LogP) is 1.67. The summed E-state index contributed by atoms with van der Waals surface area (Å²) in [6.07, 6.45) is 5.72. The van der Waals surface area contributed by atoms with Gasteiger partial charge in [0.25, 0.3) is 0 Å². The topological polar surface area (TPSA) is 29.5 Å². The number of likely N-dealkylation sites (tertiary alicyclic amines) is 1. The van der Waals surface area contributed by atoms with Crippen LogP contribution in [0, 0.1) is 0 Å². The molecule has 0 unspecified atom stereocenters. The van der Waals surface area contributed by atoms with Gasteiger partial charge in [-0.1, -0.05) is 12.8 Å². The van der Waals surface area contributed by atoms with E-state index in [4.69, 9.17) is 0 Å². The van der Waals surface area contributed by atoms with Crippen LogP contribution < -0.4 is 0 Å². The second-order valence-corrected chi connectivity index (χ2v) is 3.41. The Morgan fingerprint density at radius 1 is 1.15 bits per heavy atom. The summed E-state index contributed by atoms with van der Waals surface area (Å²) in [5.41, 5.74) is 0. The third-order valence-corrected chi connectivity index (χ3v) is 2.12. The van der Waals surface area contributed by atoms with Gasteiger partial charge in [-0.25, -0.2) is 0 Å². The summed E-state index contributed by atoms with van der Waals surface area (Å²) < 4.78 is 4.11. The zero-order valence-electron chi connectivity index (χ0n) is 9.01. The molecule has 1 aliphatic rings. The van der Waals surface area contributed by atoms with Crippen LogP contribution in [0.25, 0.3) is 0 Å². The lowest BCUT2D eigenvalue weighted by Gasteiger charge is -2.10. The van der Waals surface area contributed by atoms with Crippen molar-refractivity contribution in [2.24, 2.45) is 0 Å². The van der Waals surface area contributed by atoms with Gasteiger partial charge in [-0.05, 0) is 33.0 Å². The minimum absolute atomic E-state index is 0.245. The molecule has 0 N–H and O–H groups in total. The number of methoxy groups -OCH3 is 1. The van der Waals surface area contributed by atoms with Crippen LogP contribution in [0.15, 0.2) is 0 Å². The van der Waals surface area contributed by atoms with Crippen molar-refractivity contribution in [2.45, 2.75) is 32.6 Å². The molecule has 0 spiro atoms. The summed E-state index contributed by atoms with van der Waals surface area (Å²) >= 11 is 0. The lowest BCUT2D eigenvalue weighted by molar-refractivity contribution is -0.137. The summed E-state index contributed by atoms with van der Waals surface area (Å²) in [6, 6.07) is 0. The van der Waals surface area contributed by atoms with Crippen molar-refractivity contribution < 1.29 is 9.53 Å². The number of rotatable bonds is 0. The molecule has 0 aromatic rings. The molecule has 0 aliphatic carbocycles. The fourth-order valence-corrected chi connectivity index (χ4v) is 1.23. The number of ether oxygens (including phenoxy) is 1. The van der Waals surface area contributed by atoms with Crippen molar-refractivity contribution in [3.63, 3.8) is 0 Å². The maximum atomic E-state index is 9.59. The van der Waals surface area contributed by atoms with Crippen molar-refractivity contribution in [2.75, 3.05) is 27.2 Å². The Bertz CT molecular complexity index is 129. The molecule has 78 valence electrons. The van der Waals surface area contributed by atoms with Crippen LogP contribution in [0.3, 0.4) is 0 Å². The molecule has 1 heterocycles. The average molecular weight is 187 g/mol. The highest BCUT2D eigenvalue weighted by Crippen LogP contribution is 2.06. The molecule has 1 rings (SSSR count). The van der Waals surface area contributed by atoms with E-state index in [1.165, 1.54) is 52.8 Å². The smallest absolute Gasteiger partial charge is 0.302 e. The Balaban J connectivity index is 0.000000252. The van der Waals surface area contributed by atoms with Gasteiger partial charge in [-0.2, -0.15) is 0 Å². The minimum atomic E-state index is -0.245. The second kappa shape index (κ2) is 8.05. The van der Waals surface area contributed by atoms with Crippen LogP contribution in [0.4, 0.5) is 0 Å². The SMILES string of the molecule is CN1CCCCCC1.COC(C)=O. The maximum absolute atomic E-state index is 9.59. The molecule has 1 aliphatic heterocycles. The molecule has 3 nitrogen and oxygen atoms in total. The zero-order chi connectivity index (χ0) is 10.1. The van der Waals surface area contributed by atoms with E-state index in [9.17, 15) is 4.79 Å². The largest absolute Gasteiger partial charge is 0.469 e. The molecule has 1 fully saturated rings. The Labute approximate surface area is 81.1 Å². The second-order valence-electron chi connectivity index (χ2n) is 3.41. The van der Waals surface area contributed by atoms with Gasteiger partial charge in [-0.15, -0.1) is 0 Å². The summed E-state index contributed by atoms with van der Waals surface area (Å²) in [7, 11) is 3.56. The number of hydrogen-bond acceptors (Lipinski definition) is 3. The van der Waals surface area contributed by atoms with Gasteiger partial charge in [0.1, 0.15) is 0 Å². The van der Waals surface area contributed by atoms with Crippen molar-refractivity contribution in [1.29, 1.82) is 0 Å². The highest BCUT2D eigenvalue weighted by molar-refractivity contribution is 5.65. The van der Waals surface area contributed by atoms with Gasteiger partial charge < -0.3 is 9.64 Å². The van der Waals surface area contributed by atoms with Crippen LogP contribution >= 0.6 is 0 Å². The highest BCUT2D eigenvalue weighted by atomic mass is 16.5. The molecule has 0 aromatic carbocycles. The Morgan fingerprint density at radius 3 is 1.85 bits per heavy atom. The lowest BCUT2D eigenvalue weighted by atomic mass is 10.2. The van der Waals surface area contributed by atoms with Crippen molar-refractivity contribution in [1.82, 2.24) is 4.90 Å². The van der Waals surface area contributed by atoms with E-state index in [2.05, 4.69) is 16.7 Å². The van der Waals surface area contributed by atoms with Crippen molar-refractivity contribution >= 4 is 5.97 Å². The Hall–Kier alpha value is -0.570. The molecule has 13 heavy (non-hydrogen) atoms. The number of esters is 1. The molecule has 0 atom stereocenters. The van der Waals surface area contributed by atoms with E-state index in [0.29, 0.717) is 0 Å². The first-order valence-corrected chi connectivity index (χ1v) is 4.90. The van der Waals surface area contributed by atoms with E-state index in [0.717, 1.165) is 0 Å². The maximum Gasteiger partial charge on any atom is 0.302 e. The van der Waals surface area contributed by atoms with E-state index >= 15 is 0 Å². The average Bonchev–Trinajstić information content (AvgIpc) is 2.33. The molecular formula is C10H21NO2. The summed E-state index contributed by atoms with van der Waals surface area (Å²) in [5.74, 6) is -0.245. The van der Waals surface area contributed by atoms with Gasteiger partial charge >= 0.3 is 5.97 Å². The standard InChI is InChI=1S/C7H15N.C3H6O2/c1-8-6-4-2-3-5-7-8;1-3(4)5-2/h2-7H2,1H3;1-2H3. The third-order valence-electron chi connectivity index (χ3n) is 2.12. The van der Waals surface area contributed by atoms with E-state index in [1.807, 2.05) is 0 Å². The first-order valence-electron chi connectivity index (χ1n) is 4.90. The van der Waals surface area contributed by atoms with Crippen LogP contribution in [0.2, 0.25) is 0 Å². The molecule has 0 bridgehead atoms. The third kappa shape index (κ3) is 9.34. The van der Waals surface area contributed by atoms with Crippen molar-refractivity contribution in [3.8, 4) is 0 Å². The van der Waals surface area contributed by atoms with Gasteiger partial charge in [0.05, 0.1) is 7.11 Å². The van der Waals surface area contributed by atoms with Gasteiger partial charge in [0.15, 0.2) is 0 Å². The molecule has 0 aromatic heterocycles. The summed E-state index contributed by atoms with van der Waals surface area (Å²) in [6.45, 7) is 4.00. The Morgan fingerprint density at radius 2 is 1.54 bits per heavy atom. The van der Waals surface area contributed by atoms with E-state index in [-0.39, 0.29) is 5.97 Å². The van der Waals surface area contributed by atoms with Crippen molar-refractivity contribution in [3.05, 3.63) is 0 Å². The number of carbonyl (C=O) groups is 1. The van der Waals surface area contributed by atoms with Gasteiger partial charge in [-0.3, -0.25) is 4.79 Å². The highest BCUT2D eigenvalue weighted by Gasteiger charge is 2.01. The first kappa shape index (κ1) is 12.4. The van der Waals surface area contributed by atoms with Crippen LogP contribution in [-0.4, -0.2) is 38.1 Å². The molecule has 0 amide bonds. The van der Waals surface area contributed by atoms with Gasteiger partial charge in [0.2, 0.25) is 0 Å². The fraction of sp³-hybridized carbons (Fsp3) is 0.900. The van der Waals surface area contributed by atoms with E-state index in [1.54, 1.807) is 0 Å². The Kier molecular flexibility index (Phi) is 7.69. The first-order chi connectivity index (χ1) is 6.16. The van der Waals surface area contributed by atoms with Crippen LogP contribution in [0.5, 0.6) is 0 Å². The lowest BCUT2D eigenvalue weighted by Crippen LogP contribution is -2.18. The number of nitrogens with zero attached hydrogens (tertiary/aromatic N) is 1. The summed E-state index contributed by atoms with van der Waals surface area (Å²) in [4.78, 5) is 12.0. The molecule has 3 heteroatoms. The van der Waals surface area contributed by atoms with Gasteiger partial charge in [0, 0.05) is 6.92 Å². The molecule has 0 radical (unpaired) electrons. The quantitative estimate of drug-likeness (QED) is 0.540. The number of carbonyl (C=O) groups excluding carboxylic acids is 1. The monoisotopic (exact) mass is 187 g/mol. The zero-order valence-corrected chi connectivity index (χ0v) is 9.01. The minimum Gasteiger partial charge on any atom is -0.469 e. The van der Waals surface area contributed by atoms with Crippen LogP contribution in [-0.2, 0) is 9.53 Å². The molecular weight excluding hydrogens is 166 g/mol. The predicted molar refractivity (Wildman–Crippen MR) is 53.7 cm³/mol. The fourth-order valence-electron chi connectivity index (χ4n) is 1.23. The molecule has 1 saturated heterocycles. The normalized spacial score (nSPS) is 18.1.